The van der Waals surface area contributed by atoms with E-state index in [0.29, 0.717) is 0 Å². The third kappa shape index (κ3) is 2.21. The molecule has 1 aromatic heterocycles. The molecular weight excluding hydrogens is 175 g/mol. The summed E-state index contributed by atoms with van der Waals surface area (Å²) >= 11 is 0. The normalized spacial score (nSPS) is 15.4. The first-order valence-electron chi connectivity index (χ1n) is 3.82. The lowest BCUT2D eigenvalue weighted by molar-refractivity contribution is 0.0221. The second-order valence-electron chi connectivity index (χ2n) is 2.65. The highest BCUT2D eigenvalue weighted by Crippen LogP contribution is 2.18. The minimum Gasteiger partial charge on any atom is -0.389 e. The molecule has 0 radical (unpaired) electrons. The number of nitrogens with zero attached hydrogens (tertiary/aromatic N) is 1. The van der Waals surface area contributed by atoms with Crippen molar-refractivity contribution in [2.75, 3.05) is 6.54 Å². The first kappa shape index (κ1) is 10.0. The molecule has 0 aliphatic heterocycles. The molecule has 0 aliphatic carbocycles. The molecule has 0 saturated carbocycles. The Labute approximate surface area is 74.8 Å². The van der Waals surface area contributed by atoms with Crippen LogP contribution in [0, 0.1) is 5.82 Å². The van der Waals surface area contributed by atoms with Gasteiger partial charge >= 0.3 is 0 Å². The van der Waals surface area contributed by atoms with Gasteiger partial charge in [-0.15, -0.1) is 0 Å². The van der Waals surface area contributed by atoms with Gasteiger partial charge in [0, 0.05) is 18.3 Å². The number of halogens is 1. The minimum absolute atomic E-state index is 0.00736. The SMILES string of the molecule is NCC(O)C(O)c1ccncc1F. The van der Waals surface area contributed by atoms with Crippen LogP contribution in [-0.2, 0) is 0 Å². The number of aromatic nitrogens is 1. The van der Waals surface area contributed by atoms with Crippen molar-refractivity contribution in [3.8, 4) is 0 Å². The van der Waals surface area contributed by atoms with Crippen molar-refractivity contribution < 1.29 is 14.6 Å². The van der Waals surface area contributed by atoms with Crippen molar-refractivity contribution in [2.45, 2.75) is 12.2 Å². The predicted molar refractivity (Wildman–Crippen MR) is 44.2 cm³/mol. The molecule has 2 atom stereocenters. The van der Waals surface area contributed by atoms with Crippen LogP contribution in [0.1, 0.15) is 11.7 Å². The Kier molecular flexibility index (Phi) is 3.30. The quantitative estimate of drug-likeness (QED) is 0.598. The topological polar surface area (TPSA) is 79.4 Å². The number of nitrogens with two attached hydrogens (primary N) is 1. The lowest BCUT2D eigenvalue weighted by Gasteiger charge is -2.16. The summed E-state index contributed by atoms with van der Waals surface area (Å²) in [4.78, 5) is 3.51. The minimum atomic E-state index is -1.30. The van der Waals surface area contributed by atoms with E-state index in [0.717, 1.165) is 6.20 Å². The fourth-order valence-electron chi connectivity index (χ4n) is 0.962. The van der Waals surface area contributed by atoms with Crippen LogP contribution in [0.4, 0.5) is 4.39 Å². The standard InChI is InChI=1S/C8H11FN2O2/c9-6-4-11-2-1-5(6)8(13)7(12)3-10/h1-2,4,7-8,12-13H,3,10H2. The molecule has 0 spiro atoms. The predicted octanol–water partition coefficient (Wildman–Crippen LogP) is -0.426. The molecule has 72 valence electrons. The molecule has 1 aromatic rings. The van der Waals surface area contributed by atoms with E-state index in [1.165, 1.54) is 12.3 Å². The number of aliphatic hydroxyl groups excluding tert-OH is 2. The lowest BCUT2D eigenvalue weighted by atomic mass is 10.1. The Morgan fingerprint density at radius 3 is 2.77 bits per heavy atom. The number of hydrogen-bond acceptors (Lipinski definition) is 4. The van der Waals surface area contributed by atoms with Crippen molar-refractivity contribution >= 4 is 0 Å². The highest BCUT2D eigenvalue weighted by atomic mass is 19.1. The van der Waals surface area contributed by atoms with Crippen LogP contribution in [0.2, 0.25) is 0 Å². The molecule has 0 saturated heterocycles. The van der Waals surface area contributed by atoms with Crippen LogP contribution in [0.5, 0.6) is 0 Å². The van der Waals surface area contributed by atoms with Crippen molar-refractivity contribution in [2.24, 2.45) is 5.73 Å². The average Bonchev–Trinajstić information content (AvgIpc) is 2.16. The van der Waals surface area contributed by atoms with Gasteiger partial charge in [0.25, 0.3) is 0 Å². The van der Waals surface area contributed by atoms with Gasteiger partial charge in [-0.2, -0.15) is 0 Å². The molecule has 0 amide bonds. The van der Waals surface area contributed by atoms with Crippen LogP contribution in [0.3, 0.4) is 0 Å². The van der Waals surface area contributed by atoms with E-state index >= 15 is 0 Å². The summed E-state index contributed by atoms with van der Waals surface area (Å²) in [5.41, 5.74) is 5.12. The number of hydrogen-bond donors (Lipinski definition) is 3. The highest BCUT2D eigenvalue weighted by molar-refractivity contribution is 5.16. The first-order chi connectivity index (χ1) is 6.16. The number of aliphatic hydroxyl groups is 2. The zero-order valence-corrected chi connectivity index (χ0v) is 6.89. The molecule has 1 rings (SSSR count). The molecule has 13 heavy (non-hydrogen) atoms. The fraction of sp³-hybridized carbons (Fsp3) is 0.375. The Morgan fingerprint density at radius 2 is 2.23 bits per heavy atom. The molecule has 1 heterocycles. The van der Waals surface area contributed by atoms with Crippen molar-refractivity contribution in [3.63, 3.8) is 0 Å². The first-order valence-corrected chi connectivity index (χ1v) is 3.82. The molecular formula is C8H11FN2O2. The summed E-state index contributed by atoms with van der Waals surface area (Å²) in [5.74, 6) is -0.650. The Balaban J connectivity index is 2.88. The summed E-state index contributed by atoms with van der Waals surface area (Å²) < 4.78 is 13.0. The van der Waals surface area contributed by atoms with Crippen molar-refractivity contribution in [3.05, 3.63) is 29.8 Å². The van der Waals surface area contributed by atoms with Crippen molar-refractivity contribution in [1.82, 2.24) is 4.98 Å². The van der Waals surface area contributed by atoms with Gasteiger partial charge in [-0.3, -0.25) is 4.98 Å². The van der Waals surface area contributed by atoms with Gasteiger partial charge in [0.1, 0.15) is 11.9 Å². The largest absolute Gasteiger partial charge is 0.389 e. The van der Waals surface area contributed by atoms with E-state index in [2.05, 4.69) is 4.98 Å². The van der Waals surface area contributed by atoms with E-state index in [1.54, 1.807) is 0 Å². The van der Waals surface area contributed by atoms with Gasteiger partial charge in [-0.1, -0.05) is 0 Å². The van der Waals surface area contributed by atoms with Crippen LogP contribution in [0.25, 0.3) is 0 Å². The Bertz CT molecular complexity index is 283. The van der Waals surface area contributed by atoms with Gasteiger partial charge in [-0.05, 0) is 6.07 Å². The molecule has 0 aliphatic rings. The van der Waals surface area contributed by atoms with Gasteiger partial charge < -0.3 is 15.9 Å². The molecule has 4 nitrogen and oxygen atoms in total. The summed E-state index contributed by atoms with van der Waals surface area (Å²) in [7, 11) is 0. The maximum atomic E-state index is 13.0. The van der Waals surface area contributed by atoms with Gasteiger partial charge in [0.2, 0.25) is 0 Å². The van der Waals surface area contributed by atoms with E-state index in [4.69, 9.17) is 10.8 Å². The molecule has 0 aromatic carbocycles. The Hall–Kier alpha value is -1.04. The maximum absolute atomic E-state index is 13.0. The highest BCUT2D eigenvalue weighted by Gasteiger charge is 2.19. The molecule has 0 bridgehead atoms. The third-order valence-electron chi connectivity index (χ3n) is 1.73. The van der Waals surface area contributed by atoms with Crippen LogP contribution in [0.15, 0.2) is 18.5 Å². The maximum Gasteiger partial charge on any atom is 0.147 e. The summed E-state index contributed by atoms with van der Waals surface area (Å²) in [6.07, 6.45) is -0.142. The van der Waals surface area contributed by atoms with Gasteiger partial charge in [0.15, 0.2) is 0 Å². The second kappa shape index (κ2) is 4.27. The van der Waals surface area contributed by atoms with Crippen molar-refractivity contribution in [1.29, 1.82) is 0 Å². The van der Waals surface area contributed by atoms with Gasteiger partial charge in [-0.25, -0.2) is 4.39 Å². The molecule has 2 unspecified atom stereocenters. The summed E-state index contributed by atoms with van der Waals surface area (Å²) in [6, 6.07) is 1.30. The zero-order chi connectivity index (χ0) is 9.84. The molecule has 0 fully saturated rings. The number of pyridine rings is 1. The zero-order valence-electron chi connectivity index (χ0n) is 6.89. The second-order valence-corrected chi connectivity index (χ2v) is 2.65. The fourth-order valence-corrected chi connectivity index (χ4v) is 0.962. The van der Waals surface area contributed by atoms with Gasteiger partial charge in [0.05, 0.1) is 12.3 Å². The average molecular weight is 186 g/mol. The van der Waals surface area contributed by atoms with E-state index < -0.39 is 18.0 Å². The number of rotatable bonds is 3. The van der Waals surface area contributed by atoms with Crippen LogP contribution < -0.4 is 5.73 Å². The monoisotopic (exact) mass is 186 g/mol. The Morgan fingerprint density at radius 1 is 1.54 bits per heavy atom. The summed E-state index contributed by atoms with van der Waals surface area (Å²) in [6.45, 7) is -0.122. The summed E-state index contributed by atoms with van der Waals surface area (Å²) in [5, 5.41) is 18.5. The lowest BCUT2D eigenvalue weighted by Crippen LogP contribution is -2.27. The smallest absolute Gasteiger partial charge is 0.147 e. The van der Waals surface area contributed by atoms with Crippen LogP contribution in [-0.4, -0.2) is 27.8 Å². The van der Waals surface area contributed by atoms with Crippen LogP contribution >= 0.6 is 0 Å². The van der Waals surface area contributed by atoms with E-state index in [-0.39, 0.29) is 12.1 Å². The van der Waals surface area contributed by atoms with E-state index in [1.807, 2.05) is 0 Å². The van der Waals surface area contributed by atoms with E-state index in [9.17, 15) is 9.50 Å². The third-order valence-corrected chi connectivity index (χ3v) is 1.73. The molecule has 5 heteroatoms. The molecule has 4 N–H and O–H groups in total.